The first kappa shape index (κ1) is 24.9. The van der Waals surface area contributed by atoms with Crippen LogP contribution in [-0.4, -0.2) is 30.0 Å². The lowest BCUT2D eigenvalue weighted by Gasteiger charge is -2.09. The Morgan fingerprint density at radius 3 is 2.56 bits per heavy atom. The van der Waals surface area contributed by atoms with Gasteiger partial charge in [-0.05, 0) is 60.9 Å². The van der Waals surface area contributed by atoms with Crippen LogP contribution in [0.15, 0.2) is 76.7 Å². The van der Waals surface area contributed by atoms with Crippen molar-refractivity contribution in [1.82, 2.24) is 14.5 Å². The number of fused-ring (bicyclic) bond motifs is 1. The Kier molecular flexibility index (Phi) is 8.04. The van der Waals surface area contributed by atoms with Crippen LogP contribution < -0.4 is 10.3 Å². The molecule has 0 saturated heterocycles. The van der Waals surface area contributed by atoms with E-state index in [9.17, 15) is 13.8 Å². The molecule has 176 valence electrons. The maximum Gasteiger partial charge on any atom is 0.261 e. The van der Waals surface area contributed by atoms with E-state index in [1.165, 1.54) is 4.57 Å². The van der Waals surface area contributed by atoms with Crippen LogP contribution in [0.2, 0.25) is 0 Å². The van der Waals surface area contributed by atoms with Crippen molar-refractivity contribution >= 4 is 33.4 Å². The molecule has 1 atom stereocenters. The minimum atomic E-state index is -1.55. The third kappa shape index (κ3) is 5.81. The molecule has 2 heterocycles. The Morgan fingerprint density at radius 1 is 1.09 bits per heavy atom. The SMILES string of the molecule is Cc1nc2ccc(S(=O)Nc3ccc(CC(=O)CCc4cccnc4)cc3)cc2c(=O)n1C.O. The van der Waals surface area contributed by atoms with E-state index in [2.05, 4.69) is 14.7 Å². The molecule has 4 aromatic rings. The van der Waals surface area contributed by atoms with Gasteiger partial charge in [-0.2, -0.15) is 0 Å². The zero-order chi connectivity index (χ0) is 23.4. The van der Waals surface area contributed by atoms with Crippen molar-refractivity contribution in [2.75, 3.05) is 4.72 Å². The average molecular weight is 479 g/mol. The van der Waals surface area contributed by atoms with Gasteiger partial charge in [0.15, 0.2) is 0 Å². The number of pyridine rings is 1. The Balaban J connectivity index is 0.00000324. The molecule has 0 radical (unpaired) electrons. The number of anilines is 1. The molecule has 34 heavy (non-hydrogen) atoms. The molecule has 8 nitrogen and oxygen atoms in total. The van der Waals surface area contributed by atoms with Crippen LogP contribution in [0.5, 0.6) is 0 Å². The van der Waals surface area contributed by atoms with Crippen LogP contribution in [0.3, 0.4) is 0 Å². The molecule has 2 aromatic carbocycles. The number of aryl methyl sites for hydroxylation is 2. The molecule has 0 fully saturated rings. The third-order valence-corrected chi connectivity index (χ3v) is 6.57. The summed E-state index contributed by atoms with van der Waals surface area (Å²) in [6.45, 7) is 1.77. The number of hydrogen-bond acceptors (Lipinski definition) is 5. The predicted octanol–water partition coefficient (Wildman–Crippen LogP) is 2.69. The quantitative estimate of drug-likeness (QED) is 0.417. The summed E-state index contributed by atoms with van der Waals surface area (Å²) >= 11 is 0. The summed E-state index contributed by atoms with van der Waals surface area (Å²) in [5.41, 5.74) is 3.02. The molecule has 0 aliphatic rings. The number of rotatable bonds is 8. The Hall–Kier alpha value is -3.69. The van der Waals surface area contributed by atoms with Gasteiger partial charge in [0.05, 0.1) is 15.8 Å². The average Bonchev–Trinajstić information content (AvgIpc) is 2.83. The Labute approximate surface area is 199 Å². The van der Waals surface area contributed by atoms with Crippen LogP contribution in [0.25, 0.3) is 10.9 Å². The van der Waals surface area contributed by atoms with Crippen molar-refractivity contribution in [3.8, 4) is 0 Å². The fraction of sp³-hybridized carbons (Fsp3) is 0.200. The van der Waals surface area contributed by atoms with E-state index in [1.54, 1.807) is 56.7 Å². The van der Waals surface area contributed by atoms with Gasteiger partial charge < -0.3 is 10.2 Å². The summed E-state index contributed by atoms with van der Waals surface area (Å²) in [6, 6.07) is 16.2. The zero-order valence-electron chi connectivity index (χ0n) is 18.9. The first-order valence-electron chi connectivity index (χ1n) is 10.6. The number of carbonyl (C=O) groups excluding carboxylic acids is 1. The summed E-state index contributed by atoms with van der Waals surface area (Å²) < 4.78 is 17.2. The fourth-order valence-corrected chi connectivity index (χ4v) is 4.36. The van der Waals surface area contributed by atoms with Crippen LogP contribution in [0, 0.1) is 6.92 Å². The number of benzene rings is 2. The number of ketones is 1. The topological polar surface area (TPSA) is 125 Å². The number of Topliss-reactive ketones (excluding diaryl/α,β-unsaturated/α-hetero) is 1. The molecule has 0 spiro atoms. The highest BCUT2D eigenvalue weighted by Gasteiger charge is 2.11. The van der Waals surface area contributed by atoms with Gasteiger partial charge in [-0.3, -0.25) is 19.1 Å². The normalized spacial score (nSPS) is 11.6. The molecule has 9 heteroatoms. The lowest BCUT2D eigenvalue weighted by Crippen LogP contribution is -2.20. The van der Waals surface area contributed by atoms with Gasteiger partial charge in [0.1, 0.15) is 22.6 Å². The number of carbonyl (C=O) groups is 1. The van der Waals surface area contributed by atoms with E-state index >= 15 is 0 Å². The summed E-state index contributed by atoms with van der Waals surface area (Å²) in [6.07, 6.45) is 4.98. The van der Waals surface area contributed by atoms with Gasteiger partial charge >= 0.3 is 0 Å². The number of aromatic nitrogens is 3. The zero-order valence-corrected chi connectivity index (χ0v) is 19.8. The molecule has 4 rings (SSSR count). The van der Waals surface area contributed by atoms with Gasteiger partial charge in [-0.1, -0.05) is 18.2 Å². The molecule has 0 saturated carbocycles. The van der Waals surface area contributed by atoms with Gasteiger partial charge in [0.25, 0.3) is 5.56 Å². The van der Waals surface area contributed by atoms with Crippen LogP contribution in [-0.2, 0) is 35.7 Å². The van der Waals surface area contributed by atoms with Crippen molar-refractivity contribution in [3.05, 3.63) is 94.3 Å². The van der Waals surface area contributed by atoms with Crippen molar-refractivity contribution in [2.45, 2.75) is 31.1 Å². The second-order valence-electron chi connectivity index (χ2n) is 7.85. The molecule has 0 amide bonds. The van der Waals surface area contributed by atoms with E-state index < -0.39 is 11.0 Å². The lowest BCUT2D eigenvalue weighted by molar-refractivity contribution is -0.118. The van der Waals surface area contributed by atoms with E-state index in [0.29, 0.717) is 46.6 Å². The summed E-state index contributed by atoms with van der Waals surface area (Å²) in [5.74, 6) is 0.778. The van der Waals surface area contributed by atoms with Crippen LogP contribution in [0.4, 0.5) is 5.69 Å². The molecular formula is C25H26N4O4S. The minimum Gasteiger partial charge on any atom is -0.412 e. The molecular weight excluding hydrogens is 452 g/mol. The summed E-state index contributed by atoms with van der Waals surface area (Å²) in [4.78, 5) is 33.8. The smallest absolute Gasteiger partial charge is 0.261 e. The third-order valence-electron chi connectivity index (χ3n) is 5.47. The second kappa shape index (κ2) is 11.0. The molecule has 3 N–H and O–H groups in total. The predicted molar refractivity (Wildman–Crippen MR) is 133 cm³/mol. The minimum absolute atomic E-state index is 0. The van der Waals surface area contributed by atoms with Gasteiger partial charge in [-0.25, -0.2) is 9.19 Å². The van der Waals surface area contributed by atoms with Crippen molar-refractivity contribution in [2.24, 2.45) is 7.05 Å². The maximum atomic E-state index is 12.8. The summed E-state index contributed by atoms with van der Waals surface area (Å²) in [5, 5.41) is 0.427. The fourth-order valence-electron chi connectivity index (χ4n) is 3.48. The standard InChI is InChI=1S/C25H24N4O3S.H2O/c1-17-27-24-12-11-22(15-23(24)25(31)29(17)2)33(32)28-20-8-5-18(6-9-20)14-21(30)10-7-19-4-3-13-26-16-19;/h3-6,8-9,11-13,15-16,28H,7,10,14H2,1-2H3;1H2. The highest BCUT2D eigenvalue weighted by molar-refractivity contribution is 7.86. The monoisotopic (exact) mass is 478 g/mol. The van der Waals surface area contributed by atoms with Crippen LogP contribution >= 0.6 is 0 Å². The van der Waals surface area contributed by atoms with E-state index in [0.717, 1.165) is 11.1 Å². The lowest BCUT2D eigenvalue weighted by atomic mass is 10.0. The Morgan fingerprint density at radius 2 is 1.85 bits per heavy atom. The summed E-state index contributed by atoms with van der Waals surface area (Å²) in [7, 11) is 0.113. The molecule has 1 unspecified atom stereocenters. The first-order valence-corrected chi connectivity index (χ1v) is 11.7. The van der Waals surface area contributed by atoms with Crippen molar-refractivity contribution < 1.29 is 14.5 Å². The molecule has 0 aliphatic heterocycles. The number of nitrogens with one attached hydrogen (secondary N) is 1. The van der Waals surface area contributed by atoms with E-state index in [4.69, 9.17) is 0 Å². The maximum absolute atomic E-state index is 12.8. The van der Waals surface area contributed by atoms with Gasteiger partial charge in [-0.15, -0.1) is 0 Å². The van der Waals surface area contributed by atoms with Gasteiger partial charge in [0.2, 0.25) is 0 Å². The van der Waals surface area contributed by atoms with E-state index in [1.807, 2.05) is 24.3 Å². The van der Waals surface area contributed by atoms with Crippen molar-refractivity contribution in [1.29, 1.82) is 0 Å². The Bertz CT molecular complexity index is 1390. The number of hydrogen-bond donors (Lipinski definition) is 1. The van der Waals surface area contributed by atoms with Crippen molar-refractivity contribution in [3.63, 3.8) is 0 Å². The number of nitrogens with zero attached hydrogens (tertiary/aromatic N) is 3. The highest BCUT2D eigenvalue weighted by Crippen LogP contribution is 2.18. The van der Waals surface area contributed by atoms with Crippen LogP contribution in [0.1, 0.15) is 23.4 Å². The van der Waals surface area contributed by atoms with Gasteiger partial charge in [0, 0.05) is 38.0 Å². The highest BCUT2D eigenvalue weighted by atomic mass is 32.2. The molecule has 0 aliphatic carbocycles. The first-order chi connectivity index (χ1) is 15.9. The molecule has 0 bridgehead atoms. The van der Waals surface area contributed by atoms with E-state index in [-0.39, 0.29) is 16.8 Å². The largest absolute Gasteiger partial charge is 0.412 e. The molecule has 2 aromatic heterocycles. The second-order valence-corrected chi connectivity index (χ2v) is 9.06.